The number of carboxylic acid groups (broad SMARTS) is 1. The van der Waals surface area contributed by atoms with Gasteiger partial charge in [-0.15, -0.1) is 0 Å². The smallest absolute Gasteiger partial charge is 0.303 e. The van der Waals surface area contributed by atoms with Crippen LogP contribution in [0.5, 0.6) is 0 Å². The summed E-state index contributed by atoms with van der Waals surface area (Å²) in [5.41, 5.74) is 2.60. The second-order valence-electron chi connectivity index (χ2n) is 20.9. The number of aliphatic carboxylic acids is 1. The SMILES string of the molecule is CC(C)CCC[C@@H](C)[C@H]1CC[C@H]2[C@@H]3CC=C4C[C@@H](O)CC[C@]4(C)[C@H]3CC[C@]12C.CCCCCCCCCCCCC(CCCCCCCCCC)CC(=O)O. The van der Waals surface area contributed by atoms with E-state index in [1.807, 2.05) is 0 Å². The van der Waals surface area contributed by atoms with Crippen LogP contribution in [0.4, 0.5) is 0 Å². The fraction of sp³-hybridized carbons (Fsp3) is 0.942. The number of hydrogen-bond donors (Lipinski definition) is 2. The van der Waals surface area contributed by atoms with Crippen molar-refractivity contribution in [3.8, 4) is 0 Å². The number of fused-ring (bicyclic) bond motifs is 5. The van der Waals surface area contributed by atoms with E-state index in [2.05, 4.69) is 54.5 Å². The Labute approximate surface area is 343 Å². The molecule has 0 spiro atoms. The molecule has 0 aromatic rings. The van der Waals surface area contributed by atoms with Gasteiger partial charge in [0, 0.05) is 6.42 Å². The summed E-state index contributed by atoms with van der Waals surface area (Å²) in [5.74, 6) is 5.27. The van der Waals surface area contributed by atoms with E-state index in [0.29, 0.717) is 23.2 Å². The normalized spacial score (nSPS) is 29.8. The van der Waals surface area contributed by atoms with Crippen LogP contribution in [0.2, 0.25) is 0 Å². The van der Waals surface area contributed by atoms with E-state index in [9.17, 15) is 9.90 Å². The van der Waals surface area contributed by atoms with E-state index in [1.165, 1.54) is 173 Å². The molecule has 2 N–H and O–H groups in total. The third kappa shape index (κ3) is 16.0. The van der Waals surface area contributed by atoms with Crippen LogP contribution in [0.25, 0.3) is 0 Å². The van der Waals surface area contributed by atoms with Gasteiger partial charge >= 0.3 is 5.97 Å². The third-order valence-corrected chi connectivity index (χ3v) is 16.2. The summed E-state index contributed by atoms with van der Waals surface area (Å²) in [6.45, 7) is 17.1. The molecule has 4 aliphatic carbocycles. The summed E-state index contributed by atoms with van der Waals surface area (Å²) in [6.07, 6.45) is 44.0. The van der Waals surface area contributed by atoms with Crippen molar-refractivity contribution in [2.45, 2.75) is 260 Å². The van der Waals surface area contributed by atoms with Crippen molar-refractivity contribution in [3.63, 3.8) is 0 Å². The zero-order chi connectivity index (χ0) is 40.1. The zero-order valence-electron chi connectivity index (χ0n) is 38.1. The lowest BCUT2D eigenvalue weighted by atomic mass is 9.47. The first-order valence-corrected chi connectivity index (χ1v) is 25.1. The molecule has 0 aromatic heterocycles. The van der Waals surface area contributed by atoms with Gasteiger partial charge in [-0.1, -0.05) is 195 Å². The Bertz CT molecular complexity index is 1050. The van der Waals surface area contributed by atoms with Gasteiger partial charge in [-0.25, -0.2) is 0 Å². The summed E-state index contributed by atoms with van der Waals surface area (Å²) in [5, 5.41) is 19.4. The standard InChI is InChI=1S/C27H46O.C25H50O2/c1-18(2)7-6-8-19(3)23-11-12-24-22-10-9-20-17-21(28)13-15-26(20,4)25(22)14-16-27(23,24)5;1-3-5-7-9-11-13-14-16-18-20-22-24(23-25(26)27)21-19-17-15-12-10-8-6-4-2/h9,18-19,21-25,28H,6-8,10-17H2,1-5H3;24H,3-23H2,1-2H3,(H,26,27)/t19-,21+,22+,23-,24+,25+,26+,27-;/m1./s1. The molecule has 0 aliphatic heterocycles. The van der Waals surface area contributed by atoms with Crippen molar-refractivity contribution in [2.75, 3.05) is 0 Å². The van der Waals surface area contributed by atoms with Gasteiger partial charge in [-0.05, 0) is 116 Å². The second-order valence-corrected chi connectivity index (χ2v) is 20.9. The Morgan fingerprint density at radius 2 is 1.22 bits per heavy atom. The minimum atomic E-state index is -0.605. The van der Waals surface area contributed by atoms with E-state index in [-0.39, 0.29) is 6.10 Å². The number of allylic oxidation sites excluding steroid dienone is 1. The number of carbonyl (C=O) groups is 1. The minimum absolute atomic E-state index is 0.0766. The maximum atomic E-state index is 11.1. The first kappa shape index (κ1) is 48.5. The van der Waals surface area contributed by atoms with E-state index in [1.54, 1.807) is 5.57 Å². The molecule has 3 nitrogen and oxygen atoms in total. The maximum Gasteiger partial charge on any atom is 0.303 e. The first-order valence-electron chi connectivity index (χ1n) is 25.1. The molecular formula is C52H96O3. The summed E-state index contributed by atoms with van der Waals surface area (Å²) < 4.78 is 0. The van der Waals surface area contributed by atoms with Gasteiger partial charge in [0.15, 0.2) is 0 Å². The number of aliphatic hydroxyl groups excluding tert-OH is 1. The van der Waals surface area contributed by atoms with Gasteiger partial charge in [0.25, 0.3) is 0 Å². The van der Waals surface area contributed by atoms with E-state index in [4.69, 9.17) is 5.11 Å². The zero-order valence-corrected chi connectivity index (χ0v) is 38.1. The lowest BCUT2D eigenvalue weighted by Gasteiger charge is -2.58. The molecule has 9 atom stereocenters. The Kier molecular flexibility index (Phi) is 23.2. The predicted octanol–water partition coefficient (Wildman–Crippen LogP) is 16.3. The van der Waals surface area contributed by atoms with Crippen LogP contribution in [-0.2, 0) is 4.79 Å². The van der Waals surface area contributed by atoms with Crippen LogP contribution in [0.15, 0.2) is 11.6 Å². The van der Waals surface area contributed by atoms with E-state index >= 15 is 0 Å². The molecular weight excluding hydrogens is 673 g/mol. The van der Waals surface area contributed by atoms with Crippen molar-refractivity contribution in [1.29, 1.82) is 0 Å². The van der Waals surface area contributed by atoms with Gasteiger partial charge < -0.3 is 10.2 Å². The molecule has 0 aromatic carbocycles. The number of rotatable bonds is 27. The number of aliphatic hydroxyl groups is 1. The molecule has 3 fully saturated rings. The summed E-state index contributed by atoms with van der Waals surface area (Å²) >= 11 is 0. The molecule has 4 aliphatic rings. The van der Waals surface area contributed by atoms with Crippen LogP contribution >= 0.6 is 0 Å². The molecule has 3 saturated carbocycles. The Balaban J connectivity index is 0.000000296. The average molecular weight is 769 g/mol. The van der Waals surface area contributed by atoms with Gasteiger partial charge in [-0.2, -0.15) is 0 Å². The maximum absolute atomic E-state index is 11.1. The molecule has 0 saturated heterocycles. The van der Waals surface area contributed by atoms with E-state index in [0.717, 1.165) is 61.2 Å². The molecule has 55 heavy (non-hydrogen) atoms. The van der Waals surface area contributed by atoms with Crippen LogP contribution in [0.3, 0.4) is 0 Å². The largest absolute Gasteiger partial charge is 0.481 e. The van der Waals surface area contributed by atoms with Gasteiger partial charge in [0.2, 0.25) is 0 Å². The van der Waals surface area contributed by atoms with Crippen molar-refractivity contribution in [1.82, 2.24) is 0 Å². The van der Waals surface area contributed by atoms with Crippen molar-refractivity contribution in [3.05, 3.63) is 11.6 Å². The fourth-order valence-corrected chi connectivity index (χ4v) is 12.7. The molecule has 0 bridgehead atoms. The highest BCUT2D eigenvalue weighted by molar-refractivity contribution is 5.66. The molecule has 3 heteroatoms. The van der Waals surface area contributed by atoms with Crippen LogP contribution in [-0.4, -0.2) is 22.3 Å². The highest BCUT2D eigenvalue weighted by Crippen LogP contribution is 2.67. The lowest BCUT2D eigenvalue weighted by Crippen LogP contribution is -2.50. The predicted molar refractivity (Wildman–Crippen MR) is 238 cm³/mol. The van der Waals surface area contributed by atoms with Crippen molar-refractivity contribution < 1.29 is 15.0 Å². The first-order chi connectivity index (χ1) is 26.5. The Morgan fingerprint density at radius 1 is 0.673 bits per heavy atom. The van der Waals surface area contributed by atoms with Gasteiger partial charge in [-0.3, -0.25) is 4.79 Å². The topological polar surface area (TPSA) is 57.5 Å². The minimum Gasteiger partial charge on any atom is -0.481 e. The highest BCUT2D eigenvalue weighted by atomic mass is 16.4. The van der Waals surface area contributed by atoms with Gasteiger partial charge in [0.05, 0.1) is 6.10 Å². The van der Waals surface area contributed by atoms with Crippen LogP contribution in [0.1, 0.15) is 254 Å². The molecule has 0 radical (unpaired) electrons. The molecule has 322 valence electrons. The van der Waals surface area contributed by atoms with Crippen molar-refractivity contribution in [2.24, 2.45) is 52.3 Å². The van der Waals surface area contributed by atoms with Crippen LogP contribution < -0.4 is 0 Å². The Morgan fingerprint density at radius 3 is 1.75 bits per heavy atom. The van der Waals surface area contributed by atoms with Crippen LogP contribution in [0, 0.1) is 52.3 Å². The molecule has 0 amide bonds. The fourth-order valence-electron chi connectivity index (χ4n) is 12.7. The highest BCUT2D eigenvalue weighted by Gasteiger charge is 2.59. The molecule has 0 heterocycles. The second kappa shape index (κ2) is 26.3. The van der Waals surface area contributed by atoms with E-state index < -0.39 is 5.97 Å². The molecule has 1 unspecified atom stereocenters. The number of carboxylic acids is 1. The monoisotopic (exact) mass is 769 g/mol. The number of hydrogen-bond acceptors (Lipinski definition) is 2. The van der Waals surface area contributed by atoms with Crippen molar-refractivity contribution >= 4 is 5.97 Å². The lowest BCUT2D eigenvalue weighted by molar-refractivity contribution is -0.138. The summed E-state index contributed by atoms with van der Waals surface area (Å²) in [4.78, 5) is 11.1. The third-order valence-electron chi connectivity index (χ3n) is 16.2. The summed E-state index contributed by atoms with van der Waals surface area (Å²) in [7, 11) is 0. The number of unbranched alkanes of at least 4 members (excludes halogenated alkanes) is 16. The summed E-state index contributed by atoms with van der Waals surface area (Å²) in [6, 6.07) is 0. The molecule has 4 rings (SSSR count). The Hall–Kier alpha value is -0.830. The quantitative estimate of drug-likeness (QED) is 0.0646. The van der Waals surface area contributed by atoms with Gasteiger partial charge in [0.1, 0.15) is 0 Å². The average Bonchev–Trinajstić information content (AvgIpc) is 3.51.